The zero-order valence-corrected chi connectivity index (χ0v) is 12.4. The Kier molecular flexibility index (Phi) is 4.93. The third-order valence-electron chi connectivity index (χ3n) is 3.07. The van der Waals surface area contributed by atoms with Gasteiger partial charge in [0, 0.05) is 25.8 Å². The van der Waals surface area contributed by atoms with Crippen LogP contribution in [0, 0.1) is 12.3 Å². The average molecular weight is 254 g/mol. The number of hydrogen-bond acceptors (Lipinski definition) is 3. The van der Waals surface area contributed by atoms with Gasteiger partial charge in [0.05, 0.1) is 17.9 Å². The van der Waals surface area contributed by atoms with Gasteiger partial charge in [-0.25, -0.2) is 0 Å². The lowest BCUT2D eigenvalue weighted by Gasteiger charge is -2.34. The Labute approximate surface area is 110 Å². The van der Waals surface area contributed by atoms with E-state index in [9.17, 15) is 5.11 Å². The second-order valence-corrected chi connectivity index (χ2v) is 5.91. The van der Waals surface area contributed by atoms with Crippen LogP contribution in [0.25, 0.3) is 0 Å². The summed E-state index contributed by atoms with van der Waals surface area (Å²) >= 11 is 0. The van der Waals surface area contributed by atoms with E-state index in [4.69, 9.17) is 4.74 Å². The minimum absolute atomic E-state index is 0.0803. The van der Waals surface area contributed by atoms with Crippen LogP contribution in [-0.4, -0.2) is 33.7 Å². The molecular formula is C14H26N2O2. The van der Waals surface area contributed by atoms with Crippen LogP contribution in [0.2, 0.25) is 0 Å². The van der Waals surface area contributed by atoms with Gasteiger partial charge in [0.1, 0.15) is 0 Å². The normalized spacial score (nSPS) is 15.7. The summed E-state index contributed by atoms with van der Waals surface area (Å²) in [6.07, 6.45) is -0.114. The summed E-state index contributed by atoms with van der Waals surface area (Å²) in [5.41, 5.74) is 1.93. The summed E-state index contributed by atoms with van der Waals surface area (Å²) in [6, 6.07) is 2.01. The summed E-state index contributed by atoms with van der Waals surface area (Å²) in [5.74, 6) is 0. The zero-order chi connectivity index (χ0) is 13.9. The molecule has 4 nitrogen and oxygen atoms in total. The molecule has 0 aromatic carbocycles. The largest absolute Gasteiger partial charge is 0.390 e. The molecule has 0 aliphatic rings. The first-order valence-corrected chi connectivity index (χ1v) is 6.55. The van der Waals surface area contributed by atoms with E-state index in [1.165, 1.54) is 0 Å². The molecule has 0 bridgehead atoms. The van der Waals surface area contributed by atoms with Crippen LogP contribution in [0.15, 0.2) is 6.07 Å². The van der Waals surface area contributed by atoms with Gasteiger partial charge in [-0.05, 0) is 25.3 Å². The van der Waals surface area contributed by atoms with Crippen molar-refractivity contribution in [1.82, 2.24) is 9.78 Å². The van der Waals surface area contributed by atoms with Crippen LogP contribution in [0.1, 0.15) is 39.1 Å². The molecule has 0 fully saturated rings. The van der Waals surface area contributed by atoms with Crippen LogP contribution in [-0.2, 0) is 18.2 Å². The van der Waals surface area contributed by atoms with E-state index in [0.717, 1.165) is 11.4 Å². The molecule has 1 aromatic rings. The maximum absolute atomic E-state index is 10.4. The average Bonchev–Trinajstić information content (AvgIpc) is 2.52. The molecule has 0 spiro atoms. The molecule has 2 unspecified atom stereocenters. The summed E-state index contributed by atoms with van der Waals surface area (Å²) in [6.45, 7) is 10.8. The Balaban J connectivity index is 2.78. The Morgan fingerprint density at radius 2 is 2.06 bits per heavy atom. The third kappa shape index (κ3) is 3.82. The van der Waals surface area contributed by atoms with Gasteiger partial charge < -0.3 is 9.84 Å². The van der Waals surface area contributed by atoms with Gasteiger partial charge in [-0.1, -0.05) is 20.8 Å². The van der Waals surface area contributed by atoms with Gasteiger partial charge in [-0.15, -0.1) is 0 Å². The molecule has 1 rings (SSSR count). The van der Waals surface area contributed by atoms with E-state index in [2.05, 4.69) is 25.9 Å². The molecule has 4 heteroatoms. The lowest BCUT2D eigenvalue weighted by atomic mass is 9.84. The van der Waals surface area contributed by atoms with E-state index < -0.39 is 6.10 Å². The van der Waals surface area contributed by atoms with Crippen LogP contribution in [0.4, 0.5) is 0 Å². The monoisotopic (exact) mass is 254 g/mol. The topological polar surface area (TPSA) is 47.3 Å². The number of ether oxygens (including phenoxy) is 1. The number of rotatable bonds is 5. The fourth-order valence-electron chi connectivity index (χ4n) is 2.29. The van der Waals surface area contributed by atoms with E-state index in [0.29, 0.717) is 13.0 Å². The number of aliphatic hydroxyl groups excluding tert-OH is 1. The molecule has 1 heterocycles. The Hall–Kier alpha value is -0.870. The van der Waals surface area contributed by atoms with Gasteiger partial charge in [-0.3, -0.25) is 4.68 Å². The van der Waals surface area contributed by atoms with Crippen molar-refractivity contribution in [2.75, 3.05) is 6.61 Å². The highest BCUT2D eigenvalue weighted by Gasteiger charge is 2.32. The fourth-order valence-corrected chi connectivity index (χ4v) is 2.29. The molecule has 0 aliphatic carbocycles. The van der Waals surface area contributed by atoms with Gasteiger partial charge in [-0.2, -0.15) is 5.10 Å². The fraction of sp³-hybridized carbons (Fsp3) is 0.786. The molecule has 0 amide bonds. The Morgan fingerprint density at radius 3 is 2.44 bits per heavy atom. The first-order chi connectivity index (χ1) is 8.25. The first-order valence-electron chi connectivity index (χ1n) is 6.55. The van der Waals surface area contributed by atoms with Crippen LogP contribution in [0.3, 0.4) is 0 Å². The molecule has 0 saturated heterocycles. The number of nitrogens with zero attached hydrogens (tertiary/aromatic N) is 2. The van der Waals surface area contributed by atoms with Crippen LogP contribution in [0.5, 0.6) is 0 Å². The molecule has 1 N–H and O–H groups in total. The molecule has 2 atom stereocenters. The standard InChI is InChI=1S/C14H26N2O2/c1-7-18-13(14(3,4)5)12(17)9-11-8-10(2)15-16(11)6/h8,12-13,17H,7,9H2,1-6H3. The van der Waals surface area contributed by atoms with E-state index in [1.807, 2.05) is 31.6 Å². The minimum atomic E-state index is -0.514. The second kappa shape index (κ2) is 5.85. The summed E-state index contributed by atoms with van der Waals surface area (Å²) in [4.78, 5) is 0. The summed E-state index contributed by atoms with van der Waals surface area (Å²) < 4.78 is 7.53. The van der Waals surface area contributed by atoms with Crippen molar-refractivity contribution < 1.29 is 9.84 Å². The van der Waals surface area contributed by atoms with Crippen LogP contribution >= 0.6 is 0 Å². The summed E-state index contributed by atoms with van der Waals surface area (Å²) in [5, 5.41) is 14.7. The van der Waals surface area contributed by atoms with E-state index >= 15 is 0 Å². The van der Waals surface area contributed by atoms with Crippen molar-refractivity contribution in [2.24, 2.45) is 12.5 Å². The molecule has 1 aromatic heterocycles. The smallest absolute Gasteiger partial charge is 0.0885 e. The number of aryl methyl sites for hydroxylation is 2. The predicted octanol–water partition coefficient (Wildman–Crippen LogP) is 2.08. The second-order valence-electron chi connectivity index (χ2n) is 5.91. The SMILES string of the molecule is CCOC(C(O)Cc1cc(C)nn1C)C(C)(C)C. The number of aliphatic hydroxyl groups is 1. The van der Waals surface area contributed by atoms with E-state index in [-0.39, 0.29) is 11.5 Å². The quantitative estimate of drug-likeness (QED) is 0.875. The zero-order valence-electron chi connectivity index (χ0n) is 12.4. The van der Waals surface area contributed by atoms with Crippen molar-refractivity contribution in [3.05, 3.63) is 17.5 Å². The van der Waals surface area contributed by atoms with Gasteiger partial charge in [0.15, 0.2) is 0 Å². The third-order valence-corrected chi connectivity index (χ3v) is 3.07. The number of aromatic nitrogens is 2. The molecule has 0 saturated carbocycles. The highest BCUT2D eigenvalue weighted by molar-refractivity contribution is 5.10. The molecule has 0 radical (unpaired) electrons. The molecular weight excluding hydrogens is 228 g/mol. The predicted molar refractivity (Wildman–Crippen MR) is 72.5 cm³/mol. The van der Waals surface area contributed by atoms with Gasteiger partial charge in [0.25, 0.3) is 0 Å². The van der Waals surface area contributed by atoms with Gasteiger partial charge >= 0.3 is 0 Å². The van der Waals surface area contributed by atoms with Crippen LogP contribution < -0.4 is 0 Å². The molecule has 18 heavy (non-hydrogen) atoms. The maximum atomic E-state index is 10.4. The first kappa shape index (κ1) is 15.2. The van der Waals surface area contributed by atoms with Crippen molar-refractivity contribution in [3.63, 3.8) is 0 Å². The lowest BCUT2D eigenvalue weighted by molar-refractivity contribution is -0.0878. The molecule has 0 aliphatic heterocycles. The van der Waals surface area contributed by atoms with Gasteiger partial charge in [0.2, 0.25) is 0 Å². The molecule has 104 valence electrons. The van der Waals surface area contributed by atoms with Crippen molar-refractivity contribution in [2.45, 2.75) is 53.2 Å². The number of hydrogen-bond donors (Lipinski definition) is 1. The van der Waals surface area contributed by atoms with Crippen molar-refractivity contribution in [3.8, 4) is 0 Å². The van der Waals surface area contributed by atoms with E-state index in [1.54, 1.807) is 0 Å². The maximum Gasteiger partial charge on any atom is 0.0885 e. The lowest BCUT2D eigenvalue weighted by Crippen LogP contribution is -2.41. The minimum Gasteiger partial charge on any atom is -0.390 e. The highest BCUT2D eigenvalue weighted by Crippen LogP contribution is 2.26. The van der Waals surface area contributed by atoms with Crippen molar-refractivity contribution >= 4 is 0 Å². The summed E-state index contributed by atoms with van der Waals surface area (Å²) in [7, 11) is 1.90. The highest BCUT2D eigenvalue weighted by atomic mass is 16.5. The van der Waals surface area contributed by atoms with Crippen molar-refractivity contribution in [1.29, 1.82) is 0 Å². The Morgan fingerprint density at radius 1 is 1.44 bits per heavy atom. The Bertz CT molecular complexity index is 380.